The second-order valence-corrected chi connectivity index (χ2v) is 5.99. The fraction of sp³-hybridized carbons (Fsp3) is 0.429. The van der Waals surface area contributed by atoms with Gasteiger partial charge in [-0.3, -0.25) is 4.79 Å². The molecule has 0 saturated carbocycles. The molecular formula is C14H14Cl2N2O3. The van der Waals surface area contributed by atoms with Gasteiger partial charge in [-0.25, -0.2) is 4.98 Å². The van der Waals surface area contributed by atoms with Gasteiger partial charge in [-0.15, -0.1) is 0 Å². The minimum atomic E-state index is -0.923. The molecule has 1 N–H and O–H groups in total. The molecule has 3 rings (SSSR count). The monoisotopic (exact) mass is 328 g/mol. The van der Waals surface area contributed by atoms with Crippen molar-refractivity contribution in [3.05, 3.63) is 28.0 Å². The highest BCUT2D eigenvalue weighted by molar-refractivity contribution is 6.42. The maximum atomic E-state index is 11.2. The molecule has 1 aliphatic rings. The molecule has 0 aliphatic carbocycles. The van der Waals surface area contributed by atoms with Gasteiger partial charge in [-0.1, -0.05) is 23.2 Å². The maximum absolute atomic E-state index is 11.2. The number of aliphatic carboxylic acids is 1. The fourth-order valence-corrected chi connectivity index (χ4v) is 3.11. The van der Waals surface area contributed by atoms with Gasteiger partial charge in [0, 0.05) is 12.5 Å². The minimum absolute atomic E-state index is 0.0142. The molecule has 0 amide bonds. The van der Waals surface area contributed by atoms with Crippen molar-refractivity contribution in [1.82, 2.24) is 9.55 Å². The van der Waals surface area contributed by atoms with Crippen molar-refractivity contribution < 1.29 is 14.6 Å². The molecule has 1 saturated heterocycles. The lowest BCUT2D eigenvalue weighted by Gasteiger charge is -2.15. The molecule has 7 heteroatoms. The second kappa shape index (κ2) is 5.48. The largest absolute Gasteiger partial charge is 0.480 e. The van der Waals surface area contributed by atoms with Crippen LogP contribution in [0.25, 0.3) is 11.0 Å². The van der Waals surface area contributed by atoms with Gasteiger partial charge in [-0.05, 0) is 25.5 Å². The number of hydrogen-bond acceptors (Lipinski definition) is 3. The molecule has 112 valence electrons. The fourth-order valence-electron chi connectivity index (χ4n) is 2.79. The number of hydrogen-bond donors (Lipinski definition) is 1. The highest BCUT2D eigenvalue weighted by Crippen LogP contribution is 2.35. The molecule has 1 aromatic carbocycles. The van der Waals surface area contributed by atoms with Crippen LogP contribution >= 0.6 is 23.2 Å². The lowest BCUT2D eigenvalue weighted by molar-refractivity contribution is -0.137. The Morgan fingerprint density at radius 3 is 2.81 bits per heavy atom. The number of aromatic nitrogens is 2. The molecule has 0 bridgehead atoms. The number of rotatable bonds is 3. The Bertz CT molecular complexity index is 714. The molecule has 2 unspecified atom stereocenters. The number of fused-ring (bicyclic) bond motifs is 1. The molecule has 0 spiro atoms. The van der Waals surface area contributed by atoms with E-state index < -0.39 is 5.97 Å². The van der Waals surface area contributed by atoms with Crippen molar-refractivity contribution >= 4 is 40.2 Å². The summed E-state index contributed by atoms with van der Waals surface area (Å²) in [5, 5.41) is 9.96. The summed E-state index contributed by atoms with van der Waals surface area (Å²) >= 11 is 12.1. The maximum Gasteiger partial charge on any atom is 0.323 e. The summed E-state index contributed by atoms with van der Waals surface area (Å²) in [5.74, 6) is -0.127. The van der Waals surface area contributed by atoms with Crippen molar-refractivity contribution in [1.29, 1.82) is 0 Å². The zero-order valence-electron chi connectivity index (χ0n) is 11.3. The SMILES string of the molecule is CC1OCCC1c1nc2cc(Cl)c(Cl)cc2n1CC(=O)O. The van der Waals surface area contributed by atoms with E-state index in [0.717, 1.165) is 12.2 Å². The molecule has 2 heterocycles. The third-order valence-electron chi connectivity index (χ3n) is 3.82. The van der Waals surface area contributed by atoms with Crippen LogP contribution in [-0.2, 0) is 16.1 Å². The van der Waals surface area contributed by atoms with Crippen LogP contribution in [0, 0.1) is 0 Å². The van der Waals surface area contributed by atoms with E-state index in [-0.39, 0.29) is 18.6 Å². The second-order valence-electron chi connectivity index (χ2n) is 5.18. The number of benzene rings is 1. The third kappa shape index (κ3) is 2.61. The summed E-state index contributed by atoms with van der Waals surface area (Å²) in [6.07, 6.45) is 0.839. The van der Waals surface area contributed by atoms with E-state index >= 15 is 0 Å². The van der Waals surface area contributed by atoms with Gasteiger partial charge in [0.25, 0.3) is 0 Å². The van der Waals surface area contributed by atoms with Crippen LogP contribution < -0.4 is 0 Å². The average molecular weight is 329 g/mol. The predicted octanol–water partition coefficient (Wildman–Crippen LogP) is 3.32. The van der Waals surface area contributed by atoms with Gasteiger partial charge < -0.3 is 14.4 Å². The van der Waals surface area contributed by atoms with Gasteiger partial charge in [-0.2, -0.15) is 0 Å². The Morgan fingerprint density at radius 2 is 2.19 bits per heavy atom. The molecule has 1 aliphatic heterocycles. The first-order valence-corrected chi connectivity index (χ1v) is 7.41. The zero-order valence-corrected chi connectivity index (χ0v) is 12.9. The summed E-state index contributed by atoms with van der Waals surface area (Å²) in [7, 11) is 0. The normalized spacial score (nSPS) is 22.0. The molecule has 5 nitrogen and oxygen atoms in total. The van der Waals surface area contributed by atoms with Crippen LogP contribution in [0.15, 0.2) is 12.1 Å². The van der Waals surface area contributed by atoms with Crippen molar-refractivity contribution in [2.75, 3.05) is 6.61 Å². The molecule has 1 fully saturated rings. The van der Waals surface area contributed by atoms with Crippen molar-refractivity contribution in [3.63, 3.8) is 0 Å². The quantitative estimate of drug-likeness (QED) is 0.938. The highest BCUT2D eigenvalue weighted by atomic mass is 35.5. The van der Waals surface area contributed by atoms with Gasteiger partial charge >= 0.3 is 5.97 Å². The smallest absolute Gasteiger partial charge is 0.323 e. The van der Waals surface area contributed by atoms with Gasteiger partial charge in [0.1, 0.15) is 12.4 Å². The molecule has 2 aromatic rings. The number of ether oxygens (including phenoxy) is 1. The number of halogens is 2. The first-order valence-electron chi connectivity index (χ1n) is 6.66. The number of imidazole rings is 1. The molecular weight excluding hydrogens is 315 g/mol. The lowest BCUT2D eigenvalue weighted by atomic mass is 10.0. The predicted molar refractivity (Wildman–Crippen MR) is 80.2 cm³/mol. The van der Waals surface area contributed by atoms with Crippen LogP contribution in [-0.4, -0.2) is 33.3 Å². The van der Waals surface area contributed by atoms with E-state index in [1.807, 2.05) is 6.92 Å². The van der Waals surface area contributed by atoms with Gasteiger partial charge in [0.15, 0.2) is 0 Å². The standard InChI is InChI=1S/C14H14Cl2N2O3/c1-7-8(2-3-21-7)14-17-11-4-9(15)10(16)5-12(11)18(14)6-13(19)20/h4-5,7-8H,2-3,6H2,1H3,(H,19,20). The molecule has 1 aromatic heterocycles. The first-order chi connectivity index (χ1) is 9.97. The minimum Gasteiger partial charge on any atom is -0.480 e. The molecule has 21 heavy (non-hydrogen) atoms. The van der Waals surface area contributed by atoms with E-state index in [0.29, 0.717) is 27.7 Å². The van der Waals surface area contributed by atoms with E-state index in [4.69, 9.17) is 33.0 Å². The molecule has 2 atom stereocenters. The van der Waals surface area contributed by atoms with E-state index in [1.165, 1.54) is 0 Å². The van der Waals surface area contributed by atoms with E-state index in [1.54, 1.807) is 16.7 Å². The summed E-state index contributed by atoms with van der Waals surface area (Å²) in [4.78, 5) is 15.7. The topological polar surface area (TPSA) is 64.4 Å². The zero-order chi connectivity index (χ0) is 15.1. The number of carboxylic acid groups (broad SMARTS) is 1. The lowest BCUT2D eigenvalue weighted by Crippen LogP contribution is -2.18. The number of nitrogens with zero attached hydrogens (tertiary/aromatic N) is 2. The Labute approximate surface area is 131 Å². The van der Waals surface area contributed by atoms with Gasteiger partial charge in [0.2, 0.25) is 0 Å². The van der Waals surface area contributed by atoms with Crippen molar-refractivity contribution in [2.45, 2.75) is 31.9 Å². The van der Waals surface area contributed by atoms with Crippen molar-refractivity contribution in [3.8, 4) is 0 Å². The van der Waals surface area contributed by atoms with E-state index in [2.05, 4.69) is 4.98 Å². The Hall–Kier alpha value is -1.30. The molecule has 0 radical (unpaired) electrons. The summed E-state index contributed by atoms with van der Waals surface area (Å²) < 4.78 is 7.26. The highest BCUT2D eigenvalue weighted by Gasteiger charge is 2.31. The average Bonchev–Trinajstić information content (AvgIpc) is 2.95. The van der Waals surface area contributed by atoms with Crippen LogP contribution in [0.2, 0.25) is 10.0 Å². The van der Waals surface area contributed by atoms with Crippen LogP contribution in [0.3, 0.4) is 0 Å². The van der Waals surface area contributed by atoms with Crippen LogP contribution in [0.4, 0.5) is 0 Å². The van der Waals surface area contributed by atoms with E-state index in [9.17, 15) is 4.79 Å². The number of carbonyl (C=O) groups is 1. The summed E-state index contributed by atoms with van der Waals surface area (Å²) in [6.45, 7) is 2.47. The number of carboxylic acids is 1. The summed E-state index contributed by atoms with van der Waals surface area (Å²) in [5.41, 5.74) is 1.33. The van der Waals surface area contributed by atoms with Crippen molar-refractivity contribution in [2.24, 2.45) is 0 Å². The summed E-state index contributed by atoms with van der Waals surface area (Å²) in [6, 6.07) is 3.33. The Morgan fingerprint density at radius 1 is 1.48 bits per heavy atom. The van der Waals surface area contributed by atoms with Gasteiger partial charge in [0.05, 0.1) is 27.2 Å². The Balaban J connectivity index is 2.19. The van der Waals surface area contributed by atoms with Crippen LogP contribution in [0.5, 0.6) is 0 Å². The van der Waals surface area contributed by atoms with Crippen LogP contribution in [0.1, 0.15) is 25.1 Å². The Kier molecular flexibility index (Phi) is 3.82. The first kappa shape index (κ1) is 14.6. The third-order valence-corrected chi connectivity index (χ3v) is 4.54.